The highest BCUT2D eigenvalue weighted by Gasteiger charge is 2.27. The molecule has 0 spiro atoms. The van der Waals surface area contributed by atoms with Crippen molar-refractivity contribution in [2.75, 3.05) is 40.6 Å². The summed E-state index contributed by atoms with van der Waals surface area (Å²) in [4.78, 5) is 38.2. The Morgan fingerprint density at radius 3 is 2.74 bits per heavy atom. The molecule has 4 rings (SSSR count). The molecule has 1 aliphatic heterocycles. The number of ketones is 2. The number of aliphatic imine (C=N–C) groups is 1. The van der Waals surface area contributed by atoms with Gasteiger partial charge in [0.25, 0.3) is 0 Å². The molecular formula is C24H27N3O7. The third-order valence-electron chi connectivity index (χ3n) is 5.53. The van der Waals surface area contributed by atoms with Gasteiger partial charge in [-0.05, 0) is 25.3 Å². The molecule has 1 aromatic heterocycles. The number of Topliss-reactive ketones (excluding diaryl/α,β-unsaturated/α-hetero) is 1. The Balaban J connectivity index is 1.55. The number of aromatic nitrogens is 2. The predicted octanol–water partition coefficient (Wildman–Crippen LogP) is 2.75. The third-order valence-corrected chi connectivity index (χ3v) is 5.53. The molecule has 1 aliphatic carbocycles. The summed E-state index contributed by atoms with van der Waals surface area (Å²) >= 11 is 0. The van der Waals surface area contributed by atoms with Gasteiger partial charge in [-0.15, -0.1) is 0 Å². The highest BCUT2D eigenvalue weighted by molar-refractivity contribution is 6.50. The Labute approximate surface area is 196 Å². The van der Waals surface area contributed by atoms with E-state index in [1.165, 1.54) is 19.5 Å². The van der Waals surface area contributed by atoms with Gasteiger partial charge in [0.05, 0.1) is 37.5 Å². The van der Waals surface area contributed by atoms with E-state index < -0.39 is 5.78 Å². The average molecular weight is 469 g/mol. The average Bonchev–Trinajstić information content (AvgIpc) is 2.85. The second-order valence-electron chi connectivity index (χ2n) is 7.89. The van der Waals surface area contributed by atoms with Crippen LogP contribution in [-0.4, -0.2) is 74.0 Å². The summed E-state index contributed by atoms with van der Waals surface area (Å²) in [6.45, 7) is 1.71. The molecule has 2 aliphatic rings. The summed E-state index contributed by atoms with van der Waals surface area (Å²) < 4.78 is 27.4. The molecule has 0 radical (unpaired) electrons. The van der Waals surface area contributed by atoms with E-state index in [9.17, 15) is 9.59 Å². The molecule has 0 N–H and O–H groups in total. The summed E-state index contributed by atoms with van der Waals surface area (Å²) in [5, 5.41) is 0.562. The fraction of sp³-hybridized carbons (Fsp3) is 0.458. The Kier molecular flexibility index (Phi) is 7.81. The predicted molar refractivity (Wildman–Crippen MR) is 123 cm³/mol. The molecule has 0 amide bonds. The number of hydrogen-bond donors (Lipinski definition) is 0. The van der Waals surface area contributed by atoms with E-state index in [1.54, 1.807) is 19.2 Å². The van der Waals surface area contributed by atoms with Crippen LogP contribution in [-0.2, 0) is 23.8 Å². The van der Waals surface area contributed by atoms with Crippen LogP contribution in [0.1, 0.15) is 25.7 Å². The molecule has 10 nitrogen and oxygen atoms in total. The first-order valence-corrected chi connectivity index (χ1v) is 11.1. The van der Waals surface area contributed by atoms with E-state index in [2.05, 4.69) is 15.0 Å². The summed E-state index contributed by atoms with van der Waals surface area (Å²) in [6.07, 6.45) is 5.29. The van der Waals surface area contributed by atoms with Crippen LogP contribution in [0.25, 0.3) is 10.9 Å². The monoisotopic (exact) mass is 469 g/mol. The maximum absolute atomic E-state index is 12.7. The minimum absolute atomic E-state index is 0.0465. The van der Waals surface area contributed by atoms with Crippen LogP contribution in [0.5, 0.6) is 11.5 Å². The van der Waals surface area contributed by atoms with Crippen molar-refractivity contribution in [3.63, 3.8) is 0 Å². The van der Waals surface area contributed by atoms with Crippen molar-refractivity contribution in [2.24, 2.45) is 4.99 Å². The van der Waals surface area contributed by atoms with Crippen molar-refractivity contribution >= 4 is 34.0 Å². The quantitative estimate of drug-likeness (QED) is 0.511. The molecule has 2 heterocycles. The zero-order valence-corrected chi connectivity index (χ0v) is 19.2. The number of rotatable bonds is 9. The number of benzene rings is 1. The van der Waals surface area contributed by atoms with Gasteiger partial charge < -0.3 is 23.7 Å². The number of hydrogen-bond acceptors (Lipinski definition) is 10. The van der Waals surface area contributed by atoms with Crippen LogP contribution in [0.4, 0.5) is 5.82 Å². The number of carbonyl (C=O) groups excluding carboxylic acids is 2. The lowest BCUT2D eigenvalue weighted by Crippen LogP contribution is -2.29. The number of carbonyl (C=O) groups is 2. The van der Waals surface area contributed by atoms with E-state index in [0.717, 1.165) is 19.3 Å². The minimum Gasteiger partial charge on any atom is -0.493 e. The van der Waals surface area contributed by atoms with E-state index in [4.69, 9.17) is 23.7 Å². The lowest BCUT2D eigenvalue weighted by atomic mass is 10.0. The lowest BCUT2D eigenvalue weighted by Gasteiger charge is -2.23. The number of nitrogens with zero attached hydrogens (tertiary/aromatic N) is 3. The molecule has 0 bridgehead atoms. The topological polar surface area (TPSA) is 118 Å². The van der Waals surface area contributed by atoms with Crippen LogP contribution in [0.15, 0.2) is 35.3 Å². The Bertz CT molecular complexity index is 1120. The van der Waals surface area contributed by atoms with Gasteiger partial charge in [0, 0.05) is 31.2 Å². The summed E-state index contributed by atoms with van der Waals surface area (Å²) in [5.41, 5.74) is 0.648. The highest BCUT2D eigenvalue weighted by atomic mass is 16.5. The van der Waals surface area contributed by atoms with E-state index in [0.29, 0.717) is 42.2 Å². The SMILES string of the molecule is COCCOc1cc2ncnc(N=C3CC(=O)C(OCC4CCCCO4)=CC3=O)c2cc1OC. The van der Waals surface area contributed by atoms with Gasteiger partial charge in [-0.25, -0.2) is 15.0 Å². The summed E-state index contributed by atoms with van der Waals surface area (Å²) in [5.74, 6) is 0.573. The Morgan fingerprint density at radius 2 is 1.97 bits per heavy atom. The molecule has 34 heavy (non-hydrogen) atoms. The Morgan fingerprint density at radius 1 is 1.09 bits per heavy atom. The highest BCUT2D eigenvalue weighted by Crippen LogP contribution is 2.35. The third kappa shape index (κ3) is 5.57. The maximum atomic E-state index is 12.7. The molecule has 1 fully saturated rings. The second kappa shape index (κ2) is 11.2. The van der Waals surface area contributed by atoms with Crippen molar-refractivity contribution in [3.8, 4) is 11.5 Å². The van der Waals surface area contributed by atoms with Crippen molar-refractivity contribution in [1.82, 2.24) is 9.97 Å². The van der Waals surface area contributed by atoms with Crippen molar-refractivity contribution < 1.29 is 33.3 Å². The first-order chi connectivity index (χ1) is 16.6. The van der Waals surface area contributed by atoms with Crippen LogP contribution >= 0.6 is 0 Å². The van der Waals surface area contributed by atoms with E-state index in [-0.39, 0.29) is 42.2 Å². The van der Waals surface area contributed by atoms with E-state index in [1.807, 2.05) is 0 Å². The number of fused-ring (bicyclic) bond motifs is 1. The number of methoxy groups -OCH3 is 2. The zero-order valence-electron chi connectivity index (χ0n) is 19.2. The normalized spacial score (nSPS) is 19.9. The summed E-state index contributed by atoms with van der Waals surface area (Å²) in [6, 6.07) is 3.41. The van der Waals surface area contributed by atoms with Gasteiger partial charge >= 0.3 is 0 Å². The first-order valence-electron chi connectivity index (χ1n) is 11.1. The molecular weight excluding hydrogens is 442 g/mol. The molecule has 1 unspecified atom stereocenters. The molecule has 1 atom stereocenters. The molecule has 2 aromatic rings. The fourth-order valence-corrected chi connectivity index (χ4v) is 3.72. The van der Waals surface area contributed by atoms with Crippen LogP contribution < -0.4 is 9.47 Å². The smallest absolute Gasteiger partial charge is 0.204 e. The van der Waals surface area contributed by atoms with Gasteiger partial charge in [-0.3, -0.25) is 9.59 Å². The maximum Gasteiger partial charge on any atom is 0.204 e. The standard InChI is InChI=1S/C24H27N3O7/c1-30-7-8-33-23-11-17-16(9-22(23)31-2)24(26-14-25-17)27-18-10-20(29)21(12-19(18)28)34-13-15-5-3-4-6-32-15/h9,11-12,14-15H,3-8,10,13H2,1-2H3. The largest absolute Gasteiger partial charge is 0.493 e. The van der Waals surface area contributed by atoms with Crippen LogP contribution in [0.3, 0.4) is 0 Å². The Hall–Kier alpha value is -3.37. The molecule has 0 saturated carbocycles. The summed E-state index contributed by atoms with van der Waals surface area (Å²) in [7, 11) is 3.11. The second-order valence-corrected chi connectivity index (χ2v) is 7.89. The number of ether oxygens (including phenoxy) is 5. The number of allylic oxidation sites excluding steroid dienone is 2. The fourth-order valence-electron chi connectivity index (χ4n) is 3.72. The molecule has 1 saturated heterocycles. The molecule has 180 valence electrons. The van der Waals surface area contributed by atoms with Gasteiger partial charge in [0.2, 0.25) is 11.6 Å². The van der Waals surface area contributed by atoms with Gasteiger partial charge in [0.1, 0.15) is 19.5 Å². The van der Waals surface area contributed by atoms with Crippen molar-refractivity contribution in [1.29, 1.82) is 0 Å². The van der Waals surface area contributed by atoms with Gasteiger partial charge in [0.15, 0.2) is 23.1 Å². The zero-order chi connectivity index (χ0) is 23.9. The molecule has 1 aromatic carbocycles. The van der Waals surface area contributed by atoms with Gasteiger partial charge in [-0.1, -0.05) is 0 Å². The van der Waals surface area contributed by atoms with Gasteiger partial charge in [-0.2, -0.15) is 0 Å². The molecule has 10 heteroatoms. The van der Waals surface area contributed by atoms with Crippen molar-refractivity contribution in [3.05, 3.63) is 30.3 Å². The van der Waals surface area contributed by atoms with Crippen LogP contribution in [0.2, 0.25) is 0 Å². The lowest BCUT2D eigenvalue weighted by molar-refractivity contribution is -0.121. The van der Waals surface area contributed by atoms with Crippen molar-refractivity contribution in [2.45, 2.75) is 31.8 Å². The minimum atomic E-state index is -0.391. The van der Waals surface area contributed by atoms with Crippen LogP contribution in [0, 0.1) is 0 Å². The van der Waals surface area contributed by atoms with E-state index >= 15 is 0 Å². The first kappa shape index (κ1) is 23.8.